The van der Waals surface area contributed by atoms with Gasteiger partial charge in [-0.15, -0.1) is 12.4 Å². The molecule has 0 unspecified atom stereocenters. The van der Waals surface area contributed by atoms with Crippen LogP contribution in [0.5, 0.6) is 0 Å². The first kappa shape index (κ1) is 14.5. The van der Waals surface area contributed by atoms with Crippen LogP contribution in [0.4, 0.5) is 10.5 Å². The number of carbonyl (C=O) groups excluding carboxylic acids is 1. The first-order valence-corrected chi connectivity index (χ1v) is 6.36. The summed E-state index contributed by atoms with van der Waals surface area (Å²) in [6, 6.07) is 7.79. The maximum atomic E-state index is 11.8. The fourth-order valence-electron chi connectivity index (χ4n) is 1.60. The number of halogens is 2. The van der Waals surface area contributed by atoms with Gasteiger partial charge in [0.25, 0.3) is 0 Å². The molecule has 4 nitrogen and oxygen atoms in total. The number of carbonyl (C=O) groups is 1. The molecule has 0 aliphatic carbocycles. The van der Waals surface area contributed by atoms with Crippen LogP contribution in [-0.2, 0) is 0 Å². The van der Waals surface area contributed by atoms with Crippen molar-refractivity contribution in [3.05, 3.63) is 27.8 Å². The maximum Gasteiger partial charge on any atom is 0.321 e. The van der Waals surface area contributed by atoms with Gasteiger partial charge in [0, 0.05) is 35.4 Å². The molecular formula is C11H15ClIN3O. The Balaban J connectivity index is 0.00000144. The molecule has 0 spiro atoms. The topological polar surface area (TPSA) is 44.4 Å². The Labute approximate surface area is 121 Å². The van der Waals surface area contributed by atoms with Crippen LogP contribution in [0.15, 0.2) is 24.3 Å². The summed E-state index contributed by atoms with van der Waals surface area (Å²) in [5.74, 6) is 0. The zero-order valence-corrected chi connectivity index (χ0v) is 12.3. The van der Waals surface area contributed by atoms with Gasteiger partial charge in [-0.25, -0.2) is 4.79 Å². The van der Waals surface area contributed by atoms with Gasteiger partial charge in [-0.3, -0.25) is 0 Å². The van der Waals surface area contributed by atoms with Crippen molar-refractivity contribution < 1.29 is 4.79 Å². The molecule has 17 heavy (non-hydrogen) atoms. The molecule has 1 aliphatic rings. The Kier molecular flexibility index (Phi) is 6.01. The van der Waals surface area contributed by atoms with Gasteiger partial charge in [-0.1, -0.05) is 0 Å². The van der Waals surface area contributed by atoms with Crippen molar-refractivity contribution in [3.63, 3.8) is 0 Å². The highest BCUT2D eigenvalue weighted by atomic mass is 127. The molecule has 0 aromatic heterocycles. The van der Waals surface area contributed by atoms with Gasteiger partial charge in [-0.2, -0.15) is 0 Å². The van der Waals surface area contributed by atoms with E-state index in [0.717, 1.165) is 35.4 Å². The number of hydrogen-bond donors (Lipinski definition) is 2. The zero-order valence-electron chi connectivity index (χ0n) is 9.28. The summed E-state index contributed by atoms with van der Waals surface area (Å²) < 4.78 is 1.16. The van der Waals surface area contributed by atoms with Gasteiger partial charge in [0.1, 0.15) is 0 Å². The van der Waals surface area contributed by atoms with E-state index in [1.54, 1.807) is 0 Å². The summed E-state index contributed by atoms with van der Waals surface area (Å²) in [7, 11) is 0. The number of amides is 2. The zero-order chi connectivity index (χ0) is 11.4. The highest BCUT2D eigenvalue weighted by molar-refractivity contribution is 14.1. The number of piperazine rings is 1. The summed E-state index contributed by atoms with van der Waals surface area (Å²) in [6.45, 7) is 3.30. The van der Waals surface area contributed by atoms with Gasteiger partial charge in [0.2, 0.25) is 0 Å². The van der Waals surface area contributed by atoms with E-state index in [0.29, 0.717) is 0 Å². The molecule has 1 aromatic carbocycles. The molecule has 1 aliphatic heterocycles. The minimum absolute atomic E-state index is 0. The number of nitrogens with one attached hydrogen (secondary N) is 2. The van der Waals surface area contributed by atoms with Gasteiger partial charge in [0.15, 0.2) is 0 Å². The average molecular weight is 368 g/mol. The third-order valence-corrected chi connectivity index (χ3v) is 3.22. The quantitative estimate of drug-likeness (QED) is 0.747. The SMILES string of the molecule is Cl.O=C(Nc1ccc(I)cc1)N1CCNCC1. The van der Waals surface area contributed by atoms with Crippen molar-refractivity contribution in [2.75, 3.05) is 31.5 Å². The van der Waals surface area contributed by atoms with E-state index in [-0.39, 0.29) is 18.4 Å². The predicted octanol–water partition coefficient (Wildman–Crippen LogP) is 2.15. The van der Waals surface area contributed by atoms with Gasteiger partial charge in [0.05, 0.1) is 0 Å². The van der Waals surface area contributed by atoms with Crippen LogP contribution in [0.2, 0.25) is 0 Å². The normalized spacial score (nSPS) is 15.0. The molecule has 0 radical (unpaired) electrons. The third-order valence-electron chi connectivity index (χ3n) is 2.50. The highest BCUT2D eigenvalue weighted by Gasteiger charge is 2.15. The van der Waals surface area contributed by atoms with E-state index in [2.05, 4.69) is 33.2 Å². The molecule has 6 heteroatoms. The standard InChI is InChI=1S/C11H14IN3O.ClH/c12-9-1-3-10(4-2-9)14-11(16)15-7-5-13-6-8-15;/h1-4,13H,5-8H2,(H,14,16);1H. The molecule has 2 rings (SSSR count). The summed E-state index contributed by atoms with van der Waals surface area (Å²) >= 11 is 2.24. The second-order valence-electron chi connectivity index (χ2n) is 3.67. The number of benzene rings is 1. The molecule has 2 amide bonds. The molecule has 1 saturated heterocycles. The van der Waals surface area contributed by atoms with Crippen molar-refractivity contribution >= 4 is 46.7 Å². The Morgan fingerprint density at radius 2 is 1.82 bits per heavy atom. The van der Waals surface area contributed by atoms with E-state index >= 15 is 0 Å². The Hall–Kier alpha value is -0.530. The second kappa shape index (κ2) is 7.03. The number of hydrogen-bond acceptors (Lipinski definition) is 2. The Morgan fingerprint density at radius 1 is 1.24 bits per heavy atom. The van der Waals surface area contributed by atoms with Crippen LogP contribution in [0, 0.1) is 3.57 Å². The largest absolute Gasteiger partial charge is 0.322 e. The summed E-state index contributed by atoms with van der Waals surface area (Å²) in [4.78, 5) is 13.7. The predicted molar refractivity (Wildman–Crippen MR) is 79.9 cm³/mol. The van der Waals surface area contributed by atoms with Crippen molar-refractivity contribution in [1.29, 1.82) is 0 Å². The summed E-state index contributed by atoms with van der Waals surface area (Å²) in [5, 5.41) is 6.11. The maximum absolute atomic E-state index is 11.8. The van der Waals surface area contributed by atoms with Crippen LogP contribution in [0.3, 0.4) is 0 Å². The van der Waals surface area contributed by atoms with Crippen molar-refractivity contribution in [2.24, 2.45) is 0 Å². The molecule has 1 heterocycles. The lowest BCUT2D eigenvalue weighted by Gasteiger charge is -2.27. The van der Waals surface area contributed by atoms with E-state index in [1.165, 1.54) is 0 Å². The van der Waals surface area contributed by atoms with Crippen molar-refractivity contribution in [3.8, 4) is 0 Å². The van der Waals surface area contributed by atoms with Crippen LogP contribution in [0.1, 0.15) is 0 Å². The third kappa shape index (κ3) is 4.33. The summed E-state index contributed by atoms with van der Waals surface area (Å²) in [5.41, 5.74) is 0.851. The molecule has 94 valence electrons. The highest BCUT2D eigenvalue weighted by Crippen LogP contribution is 2.11. The van der Waals surface area contributed by atoms with Crippen LogP contribution in [0.25, 0.3) is 0 Å². The summed E-state index contributed by atoms with van der Waals surface area (Å²) in [6.07, 6.45) is 0. The van der Waals surface area contributed by atoms with Crippen LogP contribution >= 0.6 is 35.0 Å². The van der Waals surface area contributed by atoms with E-state index in [1.807, 2.05) is 29.2 Å². The molecule has 2 N–H and O–H groups in total. The lowest BCUT2D eigenvalue weighted by Crippen LogP contribution is -2.48. The lowest BCUT2D eigenvalue weighted by atomic mass is 10.3. The van der Waals surface area contributed by atoms with Crippen LogP contribution in [-0.4, -0.2) is 37.1 Å². The van der Waals surface area contributed by atoms with Crippen molar-refractivity contribution in [2.45, 2.75) is 0 Å². The molecular weight excluding hydrogens is 352 g/mol. The van der Waals surface area contributed by atoms with Gasteiger partial charge in [-0.05, 0) is 46.9 Å². The van der Waals surface area contributed by atoms with E-state index in [9.17, 15) is 4.79 Å². The number of anilines is 1. The van der Waals surface area contributed by atoms with Gasteiger partial charge >= 0.3 is 6.03 Å². The van der Waals surface area contributed by atoms with Gasteiger partial charge < -0.3 is 15.5 Å². The smallest absolute Gasteiger partial charge is 0.321 e. The number of nitrogens with zero attached hydrogens (tertiary/aromatic N) is 1. The Morgan fingerprint density at radius 3 is 2.41 bits per heavy atom. The Bertz CT molecular complexity index is 365. The molecule has 0 saturated carbocycles. The van der Waals surface area contributed by atoms with Crippen LogP contribution < -0.4 is 10.6 Å². The monoisotopic (exact) mass is 367 g/mol. The number of rotatable bonds is 1. The van der Waals surface area contributed by atoms with Crippen molar-refractivity contribution in [1.82, 2.24) is 10.2 Å². The van der Waals surface area contributed by atoms with E-state index < -0.39 is 0 Å². The first-order chi connectivity index (χ1) is 7.75. The molecule has 1 aromatic rings. The minimum atomic E-state index is -0.0114. The second-order valence-corrected chi connectivity index (χ2v) is 4.92. The molecule has 0 bridgehead atoms. The fraction of sp³-hybridized carbons (Fsp3) is 0.364. The minimum Gasteiger partial charge on any atom is -0.322 e. The van der Waals surface area contributed by atoms with E-state index in [4.69, 9.17) is 0 Å². The molecule has 1 fully saturated rings. The first-order valence-electron chi connectivity index (χ1n) is 5.28. The average Bonchev–Trinajstić information content (AvgIpc) is 2.33. The fourth-order valence-corrected chi connectivity index (χ4v) is 1.96. The molecule has 0 atom stereocenters. The lowest BCUT2D eigenvalue weighted by molar-refractivity contribution is 0.204. The number of urea groups is 1.